The van der Waals surface area contributed by atoms with Gasteiger partial charge in [-0.05, 0) is 11.5 Å². The van der Waals surface area contributed by atoms with Crippen LogP contribution >= 0.6 is 0 Å². The van der Waals surface area contributed by atoms with Gasteiger partial charge in [0.05, 0.1) is 12.9 Å². The number of carbonyl (C=O) groups excluding carboxylic acids is 6. The Hall–Kier alpha value is -3.52. The highest BCUT2D eigenvalue weighted by atomic mass is 16.7. The lowest BCUT2D eigenvalue weighted by Crippen LogP contribution is -2.63. The van der Waals surface area contributed by atoms with Gasteiger partial charge in [-0.3, -0.25) is 28.8 Å². The van der Waals surface area contributed by atoms with Gasteiger partial charge in [0.15, 0.2) is 24.6 Å². The van der Waals surface area contributed by atoms with E-state index in [2.05, 4.69) is 0 Å². The molecular weight excluding hydrogens is 572 g/mol. The fourth-order valence-corrected chi connectivity index (χ4v) is 5.50. The lowest BCUT2D eigenvalue weighted by atomic mass is 9.83. The molecule has 0 bridgehead atoms. The zero-order valence-corrected chi connectivity index (χ0v) is 25.4. The molecule has 0 aromatic carbocycles. The van der Waals surface area contributed by atoms with Gasteiger partial charge in [0, 0.05) is 58.3 Å². The summed E-state index contributed by atoms with van der Waals surface area (Å²) in [6.07, 6.45) is -5.87. The third-order valence-electron chi connectivity index (χ3n) is 7.30. The van der Waals surface area contributed by atoms with Crippen molar-refractivity contribution in [3.8, 4) is 0 Å². The number of carbonyl (C=O) groups is 6. The van der Waals surface area contributed by atoms with Crippen molar-refractivity contribution in [2.75, 3.05) is 13.2 Å². The van der Waals surface area contributed by atoms with E-state index >= 15 is 0 Å². The molecule has 9 atom stereocenters. The van der Waals surface area contributed by atoms with E-state index in [-0.39, 0.29) is 37.1 Å². The minimum Gasteiger partial charge on any atom is -0.463 e. The van der Waals surface area contributed by atoms with E-state index in [0.717, 1.165) is 20.8 Å². The van der Waals surface area contributed by atoms with Gasteiger partial charge in [0.25, 0.3) is 0 Å². The Balaban J connectivity index is 1.87. The second kappa shape index (κ2) is 14.8. The Kier molecular flexibility index (Phi) is 11.7. The topological polar surface area (TPSA) is 176 Å². The van der Waals surface area contributed by atoms with Crippen molar-refractivity contribution < 1.29 is 66.7 Å². The van der Waals surface area contributed by atoms with Crippen molar-refractivity contribution >= 4 is 35.6 Å². The number of Topliss-reactive ketones (excluding diaryl/α,β-unsaturated/α-hetero) is 1. The summed E-state index contributed by atoms with van der Waals surface area (Å²) in [5, 5.41) is 0. The summed E-state index contributed by atoms with van der Waals surface area (Å²) in [4.78, 5) is 72.7. The van der Waals surface area contributed by atoms with Crippen LogP contribution in [0.2, 0.25) is 0 Å². The molecule has 0 unspecified atom stereocenters. The second-order valence-corrected chi connectivity index (χ2v) is 11.3. The standard InChI is InChI=1S/C29H40O14/c1-13(2)8-23(35)43-28-24-14(3)21(34)9-20(24)19(10-37-28)11-38-29-27(41-18(7)33)26(40-17(6)32)25(39-16(5)31)22(42-29)12-36-15(4)30/h10,13-14,20,22,24-29H,8-9,11-12H2,1-7H3/t14-,20+,22+,24+,25+,26-,27+,28-,29+/m0/s1. The molecule has 2 aliphatic heterocycles. The quantitative estimate of drug-likeness (QED) is 0.244. The third kappa shape index (κ3) is 8.99. The van der Waals surface area contributed by atoms with Crippen LogP contribution in [0, 0.1) is 23.7 Å². The van der Waals surface area contributed by atoms with E-state index in [0.29, 0.717) is 5.57 Å². The minimum absolute atomic E-state index is 0.0244. The maximum absolute atomic E-state index is 12.7. The molecule has 0 N–H and O–H groups in total. The summed E-state index contributed by atoms with van der Waals surface area (Å²) < 4.78 is 44.7. The van der Waals surface area contributed by atoms with Gasteiger partial charge in [-0.2, -0.15) is 0 Å². The lowest BCUT2D eigenvalue weighted by molar-refractivity contribution is -0.307. The van der Waals surface area contributed by atoms with Crippen molar-refractivity contribution in [3.05, 3.63) is 11.8 Å². The molecule has 43 heavy (non-hydrogen) atoms. The van der Waals surface area contributed by atoms with Crippen LogP contribution < -0.4 is 0 Å². The van der Waals surface area contributed by atoms with Crippen LogP contribution in [-0.2, 0) is 66.7 Å². The summed E-state index contributed by atoms with van der Waals surface area (Å²) in [5.41, 5.74) is 0.562. The number of fused-ring (bicyclic) bond motifs is 1. The average molecular weight is 613 g/mol. The Morgan fingerprint density at radius 3 is 2.05 bits per heavy atom. The summed E-state index contributed by atoms with van der Waals surface area (Å²) in [6, 6.07) is 0. The zero-order valence-electron chi connectivity index (χ0n) is 25.4. The first-order chi connectivity index (χ1) is 20.2. The monoisotopic (exact) mass is 612 g/mol. The smallest absolute Gasteiger partial charge is 0.309 e. The van der Waals surface area contributed by atoms with E-state index in [1.54, 1.807) is 6.92 Å². The first kappa shape index (κ1) is 34.0. The molecule has 14 nitrogen and oxygen atoms in total. The van der Waals surface area contributed by atoms with Crippen LogP contribution in [0.4, 0.5) is 0 Å². The molecule has 1 saturated heterocycles. The van der Waals surface area contributed by atoms with E-state index in [4.69, 9.17) is 37.9 Å². The second-order valence-electron chi connectivity index (χ2n) is 11.3. The van der Waals surface area contributed by atoms with E-state index in [1.165, 1.54) is 13.2 Å². The molecule has 0 spiro atoms. The molecule has 0 aromatic rings. The Bertz CT molecular complexity index is 1110. The van der Waals surface area contributed by atoms with Crippen molar-refractivity contribution in [1.82, 2.24) is 0 Å². The Morgan fingerprint density at radius 2 is 1.47 bits per heavy atom. The summed E-state index contributed by atoms with van der Waals surface area (Å²) >= 11 is 0. The first-order valence-corrected chi connectivity index (χ1v) is 14.2. The van der Waals surface area contributed by atoms with Gasteiger partial charge in [0.2, 0.25) is 6.29 Å². The van der Waals surface area contributed by atoms with E-state index in [1.807, 2.05) is 13.8 Å². The van der Waals surface area contributed by atoms with Crippen molar-refractivity contribution in [2.24, 2.45) is 23.7 Å². The summed E-state index contributed by atoms with van der Waals surface area (Å²) in [5.74, 6) is -4.59. The highest BCUT2D eigenvalue weighted by molar-refractivity contribution is 5.84. The maximum Gasteiger partial charge on any atom is 0.309 e. The highest BCUT2D eigenvalue weighted by Crippen LogP contribution is 2.45. The Morgan fingerprint density at radius 1 is 0.860 bits per heavy atom. The first-order valence-electron chi connectivity index (χ1n) is 14.2. The third-order valence-corrected chi connectivity index (χ3v) is 7.30. The molecule has 1 saturated carbocycles. The number of hydrogen-bond donors (Lipinski definition) is 0. The van der Waals surface area contributed by atoms with Crippen molar-refractivity contribution in [2.45, 2.75) is 98.3 Å². The molecule has 3 rings (SSSR count). The average Bonchev–Trinajstić information content (AvgIpc) is 3.18. The van der Waals surface area contributed by atoms with Crippen LogP contribution in [0.5, 0.6) is 0 Å². The van der Waals surface area contributed by atoms with Gasteiger partial charge in [-0.15, -0.1) is 0 Å². The van der Waals surface area contributed by atoms with Gasteiger partial charge in [-0.25, -0.2) is 0 Å². The normalized spacial score (nSPS) is 31.7. The largest absolute Gasteiger partial charge is 0.463 e. The van der Waals surface area contributed by atoms with E-state index in [9.17, 15) is 28.8 Å². The van der Waals surface area contributed by atoms with Crippen LogP contribution in [0.1, 0.15) is 61.3 Å². The number of rotatable bonds is 11. The number of hydrogen-bond acceptors (Lipinski definition) is 14. The van der Waals surface area contributed by atoms with Gasteiger partial charge >= 0.3 is 29.8 Å². The minimum atomic E-state index is -1.39. The SMILES string of the molecule is CC(=O)OC[C@H]1O[C@@H](OCC2=CO[C@@H](OC(=O)CC(C)C)[C@H]3[C@@H]2CC(=O)[C@@H]3C)[C@H](OC(C)=O)[C@@H](OC(C)=O)[C@@H]1OC(C)=O. The van der Waals surface area contributed by atoms with Crippen LogP contribution in [-0.4, -0.2) is 85.8 Å². The molecule has 0 amide bonds. The van der Waals surface area contributed by atoms with Gasteiger partial charge in [-0.1, -0.05) is 20.8 Å². The summed E-state index contributed by atoms with van der Waals surface area (Å²) in [6.45, 7) is 9.49. The molecule has 1 aliphatic carbocycles. The van der Waals surface area contributed by atoms with Crippen molar-refractivity contribution in [3.63, 3.8) is 0 Å². The molecule has 2 heterocycles. The van der Waals surface area contributed by atoms with Gasteiger partial charge < -0.3 is 37.9 Å². The molecular formula is C29H40O14. The fourth-order valence-electron chi connectivity index (χ4n) is 5.50. The predicted molar refractivity (Wildman–Crippen MR) is 142 cm³/mol. The van der Waals surface area contributed by atoms with Crippen LogP contribution in [0.25, 0.3) is 0 Å². The maximum atomic E-state index is 12.7. The molecule has 0 radical (unpaired) electrons. The molecule has 0 aromatic heterocycles. The molecule has 240 valence electrons. The van der Waals surface area contributed by atoms with Gasteiger partial charge in [0.1, 0.15) is 18.5 Å². The fraction of sp³-hybridized carbons (Fsp3) is 0.724. The lowest BCUT2D eigenvalue weighted by Gasteiger charge is -2.44. The number of ketones is 1. The zero-order chi connectivity index (χ0) is 32.0. The Labute approximate surface area is 249 Å². The molecule has 2 fully saturated rings. The van der Waals surface area contributed by atoms with Crippen LogP contribution in [0.15, 0.2) is 11.8 Å². The highest BCUT2D eigenvalue weighted by Gasteiger charge is 2.54. The number of ether oxygens (including phenoxy) is 8. The molecule has 3 aliphatic rings. The predicted octanol–water partition coefficient (Wildman–Crippen LogP) is 1.76. The van der Waals surface area contributed by atoms with Crippen LogP contribution in [0.3, 0.4) is 0 Å². The molecule has 14 heteroatoms. The summed E-state index contributed by atoms with van der Waals surface area (Å²) in [7, 11) is 0. The van der Waals surface area contributed by atoms with Crippen molar-refractivity contribution in [1.29, 1.82) is 0 Å². The number of esters is 5. The van der Waals surface area contributed by atoms with E-state index < -0.39 is 85.3 Å².